The highest BCUT2D eigenvalue weighted by Gasteiger charge is 1.95. The smallest absolute Gasteiger partial charge is 0.189 e. The van der Waals surface area contributed by atoms with Crippen LogP contribution in [0, 0.1) is 17.9 Å². The maximum atomic E-state index is 8.50. The summed E-state index contributed by atoms with van der Waals surface area (Å²) in [5.74, 6) is 0. The van der Waals surface area contributed by atoms with Crippen molar-refractivity contribution >= 4 is 18.3 Å². The van der Waals surface area contributed by atoms with Crippen LogP contribution >= 0.6 is 12.6 Å². The van der Waals surface area contributed by atoms with Crippen LogP contribution in [0.5, 0.6) is 0 Å². The van der Waals surface area contributed by atoms with Gasteiger partial charge in [-0.25, -0.2) is 4.85 Å². The molecule has 0 aliphatic rings. The average Bonchev–Trinajstić information content (AvgIpc) is 2.03. The summed E-state index contributed by atoms with van der Waals surface area (Å²) in [6, 6.07) is 6.73. The van der Waals surface area contributed by atoms with Crippen LogP contribution in [0.1, 0.15) is 5.56 Å². The Hall–Kier alpha value is -1.45. The highest BCUT2D eigenvalue weighted by Crippen LogP contribution is 2.19. The van der Waals surface area contributed by atoms with Gasteiger partial charge in [-0.15, -0.1) is 12.6 Å². The molecule has 0 aromatic heterocycles. The Morgan fingerprint density at radius 3 is 2.73 bits per heavy atom. The van der Waals surface area contributed by atoms with Crippen LogP contribution in [-0.2, 0) is 0 Å². The maximum absolute atomic E-state index is 8.50. The van der Waals surface area contributed by atoms with Crippen molar-refractivity contribution in [2.45, 2.75) is 4.90 Å². The summed E-state index contributed by atoms with van der Waals surface area (Å²) >= 11 is 4.04. The van der Waals surface area contributed by atoms with Crippen molar-refractivity contribution in [3.05, 3.63) is 35.2 Å². The molecule has 0 radical (unpaired) electrons. The van der Waals surface area contributed by atoms with Gasteiger partial charge in [-0.05, 0) is 23.1 Å². The first kappa shape index (κ1) is 7.65. The van der Waals surface area contributed by atoms with E-state index in [0.29, 0.717) is 16.1 Å². The predicted molar refractivity (Wildman–Crippen MR) is 44.7 cm³/mol. The van der Waals surface area contributed by atoms with Crippen LogP contribution in [0.15, 0.2) is 23.1 Å². The van der Waals surface area contributed by atoms with Crippen LogP contribution < -0.4 is 0 Å². The van der Waals surface area contributed by atoms with Gasteiger partial charge in [-0.3, -0.25) is 0 Å². The summed E-state index contributed by atoms with van der Waals surface area (Å²) in [5.41, 5.74) is 0.928. The molecule has 0 aliphatic heterocycles. The summed E-state index contributed by atoms with van der Waals surface area (Å²) in [4.78, 5) is 3.84. The molecule has 0 saturated carbocycles. The number of thiol groups is 1. The van der Waals surface area contributed by atoms with E-state index in [2.05, 4.69) is 17.5 Å². The molecule has 0 saturated heterocycles. The largest absolute Gasteiger partial charge is 0.238 e. The Kier molecular flexibility index (Phi) is 2.15. The molecule has 1 aromatic carbocycles. The molecule has 0 spiro atoms. The molecule has 0 unspecified atom stereocenters. The minimum Gasteiger partial charge on any atom is -0.238 e. The van der Waals surface area contributed by atoms with Gasteiger partial charge in [0.05, 0.1) is 12.6 Å². The number of rotatable bonds is 0. The van der Waals surface area contributed by atoms with Crippen molar-refractivity contribution in [3.8, 4) is 6.07 Å². The van der Waals surface area contributed by atoms with E-state index < -0.39 is 0 Å². The van der Waals surface area contributed by atoms with Gasteiger partial charge in [0.25, 0.3) is 0 Å². The third-order valence-corrected chi connectivity index (χ3v) is 1.42. The molecule has 0 bridgehead atoms. The van der Waals surface area contributed by atoms with E-state index >= 15 is 0 Å². The lowest BCUT2D eigenvalue weighted by atomic mass is 10.2. The number of hydrogen-bond donors (Lipinski definition) is 1. The van der Waals surface area contributed by atoms with Crippen LogP contribution in [0.4, 0.5) is 5.69 Å². The fourth-order valence-electron chi connectivity index (χ4n) is 0.724. The van der Waals surface area contributed by atoms with Gasteiger partial charge >= 0.3 is 0 Å². The summed E-state index contributed by atoms with van der Waals surface area (Å²) in [5, 5.41) is 8.50. The summed E-state index contributed by atoms with van der Waals surface area (Å²) in [7, 11) is 0. The predicted octanol–water partition coefficient (Wildman–Crippen LogP) is 2.40. The third kappa shape index (κ3) is 1.73. The van der Waals surface area contributed by atoms with Gasteiger partial charge in [-0.2, -0.15) is 5.26 Å². The van der Waals surface area contributed by atoms with Crippen molar-refractivity contribution in [2.75, 3.05) is 0 Å². The lowest BCUT2D eigenvalue weighted by Gasteiger charge is -1.92. The zero-order valence-corrected chi connectivity index (χ0v) is 6.47. The van der Waals surface area contributed by atoms with Gasteiger partial charge in [-0.1, -0.05) is 0 Å². The minimum absolute atomic E-state index is 0.453. The monoisotopic (exact) mass is 160 g/mol. The first-order valence-electron chi connectivity index (χ1n) is 2.88. The molecule has 1 rings (SSSR count). The molecule has 2 nitrogen and oxygen atoms in total. The lowest BCUT2D eigenvalue weighted by Crippen LogP contribution is -1.72. The number of benzene rings is 1. The highest BCUT2D eigenvalue weighted by atomic mass is 32.1. The zero-order chi connectivity index (χ0) is 8.27. The Morgan fingerprint density at radius 1 is 1.45 bits per heavy atom. The normalized spacial score (nSPS) is 8.27. The zero-order valence-electron chi connectivity index (χ0n) is 5.57. The van der Waals surface area contributed by atoms with E-state index in [1.54, 1.807) is 12.1 Å². The van der Waals surface area contributed by atoms with Gasteiger partial charge in [0.15, 0.2) is 5.69 Å². The molecule has 0 fully saturated rings. The van der Waals surface area contributed by atoms with Crippen LogP contribution in [-0.4, -0.2) is 0 Å². The summed E-state index contributed by atoms with van der Waals surface area (Å²) in [6.45, 7) is 6.69. The summed E-state index contributed by atoms with van der Waals surface area (Å²) < 4.78 is 0. The molecule has 52 valence electrons. The van der Waals surface area contributed by atoms with Crippen molar-refractivity contribution in [3.63, 3.8) is 0 Å². The molecule has 0 aliphatic carbocycles. The molecule has 0 N–H and O–H groups in total. The van der Waals surface area contributed by atoms with E-state index in [1.807, 2.05) is 6.07 Å². The molecule has 1 aromatic rings. The minimum atomic E-state index is 0.453. The third-order valence-electron chi connectivity index (χ3n) is 1.16. The van der Waals surface area contributed by atoms with Crippen molar-refractivity contribution in [1.29, 1.82) is 5.26 Å². The van der Waals surface area contributed by atoms with E-state index in [1.165, 1.54) is 6.07 Å². The average molecular weight is 160 g/mol. The first-order valence-corrected chi connectivity index (χ1v) is 3.32. The standard InChI is InChI=1S/C8H4N2S/c1-10-7-2-6(5-9)3-8(11)4-7/h2-4,11H. The fourth-order valence-corrected chi connectivity index (χ4v) is 0.996. The van der Waals surface area contributed by atoms with Gasteiger partial charge < -0.3 is 0 Å². The number of hydrogen-bond acceptors (Lipinski definition) is 2. The van der Waals surface area contributed by atoms with Crippen LogP contribution in [0.3, 0.4) is 0 Å². The second-order valence-electron chi connectivity index (χ2n) is 1.96. The summed E-state index contributed by atoms with van der Waals surface area (Å²) in [6.07, 6.45) is 0. The number of nitrogens with zero attached hydrogens (tertiary/aromatic N) is 2. The highest BCUT2D eigenvalue weighted by molar-refractivity contribution is 7.80. The van der Waals surface area contributed by atoms with Crippen LogP contribution in [0.2, 0.25) is 0 Å². The Labute approximate surface area is 70.3 Å². The van der Waals surface area contributed by atoms with E-state index in [4.69, 9.17) is 11.8 Å². The second kappa shape index (κ2) is 3.09. The van der Waals surface area contributed by atoms with Crippen molar-refractivity contribution in [2.24, 2.45) is 0 Å². The Bertz CT molecular complexity index is 325. The second-order valence-corrected chi connectivity index (χ2v) is 2.48. The van der Waals surface area contributed by atoms with Crippen molar-refractivity contribution < 1.29 is 0 Å². The maximum Gasteiger partial charge on any atom is 0.189 e. The SMILES string of the molecule is [C-]#[N+]c1cc(S)cc(C#N)c1. The Balaban J connectivity index is 3.28. The van der Waals surface area contributed by atoms with E-state index in [-0.39, 0.29) is 0 Å². The first-order chi connectivity index (χ1) is 5.26. The van der Waals surface area contributed by atoms with E-state index in [0.717, 1.165) is 0 Å². The molecule has 0 amide bonds. The van der Waals surface area contributed by atoms with E-state index in [9.17, 15) is 0 Å². The topological polar surface area (TPSA) is 28.1 Å². The molecular weight excluding hydrogens is 156 g/mol. The molecule has 11 heavy (non-hydrogen) atoms. The molecule has 3 heteroatoms. The van der Waals surface area contributed by atoms with Gasteiger partial charge in [0.2, 0.25) is 0 Å². The molecule has 0 heterocycles. The van der Waals surface area contributed by atoms with Gasteiger partial charge in [0.1, 0.15) is 0 Å². The fraction of sp³-hybridized carbons (Fsp3) is 0. The van der Waals surface area contributed by atoms with Gasteiger partial charge in [0, 0.05) is 5.56 Å². The number of nitriles is 1. The quantitative estimate of drug-likeness (QED) is 0.458. The van der Waals surface area contributed by atoms with Crippen LogP contribution in [0.25, 0.3) is 4.85 Å². The lowest BCUT2D eigenvalue weighted by molar-refractivity contribution is 1.42. The van der Waals surface area contributed by atoms with Crippen molar-refractivity contribution in [1.82, 2.24) is 0 Å². The molecular formula is C8H4N2S. The molecule has 0 atom stereocenters. The Morgan fingerprint density at radius 2 is 2.18 bits per heavy atom.